The average molecular weight is 270 g/mol. The quantitative estimate of drug-likeness (QED) is 0.752. The Morgan fingerprint density at radius 2 is 1.70 bits per heavy atom. The van der Waals surface area contributed by atoms with Gasteiger partial charge in [0.05, 0.1) is 17.6 Å². The molecule has 0 aliphatic heterocycles. The van der Waals surface area contributed by atoms with Gasteiger partial charge in [-0.3, -0.25) is 0 Å². The van der Waals surface area contributed by atoms with Gasteiger partial charge in [0.15, 0.2) is 0 Å². The van der Waals surface area contributed by atoms with Crippen molar-refractivity contribution in [3.63, 3.8) is 0 Å². The van der Waals surface area contributed by atoms with Gasteiger partial charge in [0, 0.05) is 11.6 Å². The fourth-order valence-electron chi connectivity index (χ4n) is 2.03. The van der Waals surface area contributed by atoms with Crippen LogP contribution >= 0.6 is 0 Å². The lowest BCUT2D eigenvalue weighted by atomic mass is 10.1. The first-order valence-corrected chi connectivity index (χ1v) is 5.97. The Bertz CT molecular complexity index is 751. The molecule has 3 rings (SSSR count). The molecule has 1 aromatic heterocycles. The highest BCUT2D eigenvalue weighted by atomic mass is 19.1. The molecule has 4 nitrogen and oxygen atoms in total. The predicted molar refractivity (Wildman–Crippen MR) is 72.3 cm³/mol. The standard InChI is InChI=1S/C15H11FN2O2/c16-10-1-3-11(4-2-10)18-14(7-8-17-18)13-6-5-12(19)9-15(13)20/h1-9,19-20H. The number of halogens is 1. The summed E-state index contributed by atoms with van der Waals surface area (Å²) < 4.78 is 14.6. The summed E-state index contributed by atoms with van der Waals surface area (Å²) in [6, 6.07) is 12.0. The van der Waals surface area contributed by atoms with Crippen LogP contribution in [0, 0.1) is 5.82 Å². The zero-order valence-corrected chi connectivity index (χ0v) is 10.4. The van der Waals surface area contributed by atoms with Crippen molar-refractivity contribution in [3.8, 4) is 28.4 Å². The Balaban J connectivity index is 2.12. The molecule has 2 N–H and O–H groups in total. The summed E-state index contributed by atoms with van der Waals surface area (Å²) in [5, 5.41) is 23.4. The summed E-state index contributed by atoms with van der Waals surface area (Å²) >= 11 is 0. The molecule has 0 aliphatic rings. The summed E-state index contributed by atoms with van der Waals surface area (Å²) in [4.78, 5) is 0. The van der Waals surface area contributed by atoms with E-state index in [4.69, 9.17) is 0 Å². The van der Waals surface area contributed by atoms with Gasteiger partial charge in [-0.1, -0.05) is 0 Å². The van der Waals surface area contributed by atoms with Crippen molar-refractivity contribution < 1.29 is 14.6 Å². The van der Waals surface area contributed by atoms with Crippen LogP contribution in [0.25, 0.3) is 16.9 Å². The second-order valence-electron chi connectivity index (χ2n) is 4.31. The van der Waals surface area contributed by atoms with Gasteiger partial charge in [0.2, 0.25) is 0 Å². The van der Waals surface area contributed by atoms with Gasteiger partial charge >= 0.3 is 0 Å². The van der Waals surface area contributed by atoms with Gasteiger partial charge in [-0.25, -0.2) is 9.07 Å². The molecule has 0 bridgehead atoms. The minimum atomic E-state index is -0.324. The fourth-order valence-corrected chi connectivity index (χ4v) is 2.03. The number of aromatic hydroxyl groups is 2. The Hall–Kier alpha value is -2.82. The molecular formula is C15H11FN2O2. The van der Waals surface area contributed by atoms with Crippen LogP contribution in [0.5, 0.6) is 11.5 Å². The Labute approximate surface area is 114 Å². The van der Waals surface area contributed by atoms with E-state index in [2.05, 4.69) is 5.10 Å². The molecule has 100 valence electrons. The molecule has 0 saturated carbocycles. The van der Waals surface area contributed by atoms with E-state index in [1.54, 1.807) is 35.1 Å². The normalized spacial score (nSPS) is 10.7. The van der Waals surface area contributed by atoms with Crippen molar-refractivity contribution >= 4 is 0 Å². The highest BCUT2D eigenvalue weighted by Crippen LogP contribution is 2.32. The van der Waals surface area contributed by atoms with Crippen molar-refractivity contribution in [3.05, 3.63) is 60.5 Å². The van der Waals surface area contributed by atoms with Gasteiger partial charge in [-0.2, -0.15) is 5.10 Å². The highest BCUT2D eigenvalue weighted by molar-refractivity contribution is 5.69. The van der Waals surface area contributed by atoms with E-state index in [1.165, 1.54) is 24.3 Å². The number of benzene rings is 2. The minimum absolute atomic E-state index is 0.0147. The van der Waals surface area contributed by atoms with Crippen LogP contribution in [0.1, 0.15) is 0 Å². The minimum Gasteiger partial charge on any atom is -0.508 e. The summed E-state index contributed by atoms with van der Waals surface area (Å²) in [7, 11) is 0. The molecule has 5 heteroatoms. The van der Waals surface area contributed by atoms with E-state index in [1.807, 2.05) is 0 Å². The maximum absolute atomic E-state index is 13.0. The summed E-state index contributed by atoms with van der Waals surface area (Å²) in [5.41, 5.74) is 1.86. The molecule has 3 aromatic rings. The van der Waals surface area contributed by atoms with Crippen LogP contribution in [-0.4, -0.2) is 20.0 Å². The summed E-state index contributed by atoms with van der Waals surface area (Å²) in [5.74, 6) is -0.386. The number of hydrogen-bond donors (Lipinski definition) is 2. The second-order valence-corrected chi connectivity index (χ2v) is 4.31. The smallest absolute Gasteiger partial charge is 0.128 e. The fraction of sp³-hybridized carbons (Fsp3) is 0. The van der Waals surface area contributed by atoms with Gasteiger partial charge in [0.25, 0.3) is 0 Å². The largest absolute Gasteiger partial charge is 0.508 e. The van der Waals surface area contributed by atoms with E-state index in [9.17, 15) is 14.6 Å². The SMILES string of the molecule is Oc1ccc(-c2ccnn2-c2ccc(F)cc2)c(O)c1. The van der Waals surface area contributed by atoms with E-state index >= 15 is 0 Å². The Kier molecular flexibility index (Phi) is 2.87. The third kappa shape index (κ3) is 2.09. The number of rotatable bonds is 2. The number of phenols is 2. The molecular weight excluding hydrogens is 259 g/mol. The maximum Gasteiger partial charge on any atom is 0.128 e. The van der Waals surface area contributed by atoms with Crippen LogP contribution in [0.3, 0.4) is 0 Å². The topological polar surface area (TPSA) is 58.3 Å². The number of hydrogen-bond acceptors (Lipinski definition) is 3. The maximum atomic E-state index is 13.0. The van der Waals surface area contributed by atoms with E-state index < -0.39 is 0 Å². The van der Waals surface area contributed by atoms with E-state index in [0.717, 1.165) is 0 Å². The average Bonchev–Trinajstić information content (AvgIpc) is 2.88. The molecule has 1 heterocycles. The van der Waals surface area contributed by atoms with Crippen molar-refractivity contribution in [2.45, 2.75) is 0 Å². The van der Waals surface area contributed by atoms with Crippen molar-refractivity contribution in [2.24, 2.45) is 0 Å². The third-order valence-electron chi connectivity index (χ3n) is 2.97. The lowest BCUT2D eigenvalue weighted by Crippen LogP contribution is -1.98. The van der Waals surface area contributed by atoms with Crippen molar-refractivity contribution in [1.29, 1.82) is 0 Å². The zero-order chi connectivity index (χ0) is 14.1. The lowest BCUT2D eigenvalue weighted by Gasteiger charge is -2.09. The van der Waals surface area contributed by atoms with Gasteiger partial charge in [-0.05, 0) is 42.5 Å². The van der Waals surface area contributed by atoms with Gasteiger partial charge in [-0.15, -0.1) is 0 Å². The molecule has 2 aromatic carbocycles. The van der Waals surface area contributed by atoms with Crippen LogP contribution in [0.4, 0.5) is 4.39 Å². The van der Waals surface area contributed by atoms with Gasteiger partial charge in [0.1, 0.15) is 17.3 Å². The summed E-state index contributed by atoms with van der Waals surface area (Å²) in [6.07, 6.45) is 1.59. The molecule has 0 amide bonds. The van der Waals surface area contributed by atoms with Crippen LogP contribution in [0.15, 0.2) is 54.7 Å². The predicted octanol–water partition coefficient (Wildman–Crippen LogP) is 3.09. The van der Waals surface area contributed by atoms with Crippen LogP contribution in [-0.2, 0) is 0 Å². The molecule has 0 radical (unpaired) electrons. The Morgan fingerprint density at radius 3 is 2.40 bits per heavy atom. The van der Waals surface area contributed by atoms with E-state index in [0.29, 0.717) is 16.9 Å². The highest BCUT2D eigenvalue weighted by Gasteiger charge is 2.11. The number of aromatic nitrogens is 2. The monoisotopic (exact) mass is 270 g/mol. The molecule has 0 fully saturated rings. The number of phenolic OH excluding ortho intramolecular Hbond substituents is 2. The Morgan fingerprint density at radius 1 is 0.950 bits per heavy atom. The zero-order valence-electron chi connectivity index (χ0n) is 10.4. The summed E-state index contributed by atoms with van der Waals surface area (Å²) in [6.45, 7) is 0. The van der Waals surface area contributed by atoms with Crippen LogP contribution in [0.2, 0.25) is 0 Å². The first-order chi connectivity index (χ1) is 9.65. The molecule has 20 heavy (non-hydrogen) atoms. The molecule has 0 aliphatic carbocycles. The first kappa shape index (κ1) is 12.2. The lowest BCUT2D eigenvalue weighted by molar-refractivity contribution is 0.451. The molecule has 0 unspecified atom stereocenters. The van der Waals surface area contributed by atoms with Crippen molar-refractivity contribution in [2.75, 3.05) is 0 Å². The molecule has 0 atom stereocenters. The number of nitrogens with zero attached hydrogens (tertiary/aromatic N) is 2. The molecule has 0 saturated heterocycles. The van der Waals surface area contributed by atoms with Gasteiger partial charge < -0.3 is 10.2 Å². The second kappa shape index (κ2) is 4.70. The van der Waals surface area contributed by atoms with Crippen LogP contribution < -0.4 is 0 Å². The van der Waals surface area contributed by atoms with E-state index in [-0.39, 0.29) is 17.3 Å². The third-order valence-corrected chi connectivity index (χ3v) is 2.97. The molecule has 0 spiro atoms. The van der Waals surface area contributed by atoms with Crippen molar-refractivity contribution in [1.82, 2.24) is 9.78 Å². The first-order valence-electron chi connectivity index (χ1n) is 5.97.